The second kappa shape index (κ2) is 3.46. The number of rotatable bonds is 1. The van der Waals surface area contributed by atoms with Crippen molar-refractivity contribution < 1.29 is 4.79 Å². The zero-order valence-corrected chi connectivity index (χ0v) is 8.60. The van der Waals surface area contributed by atoms with Crippen LogP contribution in [0, 0.1) is 6.07 Å². The summed E-state index contributed by atoms with van der Waals surface area (Å²) in [6.07, 6.45) is 0.894. The van der Waals surface area contributed by atoms with Gasteiger partial charge in [-0.15, -0.1) is 0 Å². The first-order valence-corrected chi connectivity index (χ1v) is 5.17. The average Bonchev–Trinajstić information content (AvgIpc) is 2.35. The van der Waals surface area contributed by atoms with Crippen LogP contribution in [-0.2, 0) is 0 Å². The van der Waals surface area contributed by atoms with E-state index in [4.69, 9.17) is 0 Å². The number of aldehydes is 1. The van der Waals surface area contributed by atoms with E-state index in [1.807, 2.05) is 18.2 Å². The molecule has 0 bridgehead atoms. The molecule has 0 aromatic heterocycles. The Morgan fingerprint density at radius 3 is 2.50 bits per heavy atom. The lowest BCUT2D eigenvalue weighted by atomic mass is 10.0. The molecule has 1 nitrogen and oxygen atoms in total. The third kappa shape index (κ3) is 1.29. The highest BCUT2D eigenvalue weighted by Gasteiger charge is 2.01. The second-order valence-corrected chi connectivity index (χ2v) is 3.80. The van der Waals surface area contributed by atoms with Crippen molar-refractivity contribution in [1.82, 2.24) is 0 Å². The molecule has 1 radical (unpaired) electrons. The Bertz CT molecular complexity index is 683. The van der Waals surface area contributed by atoms with Gasteiger partial charge < -0.3 is 0 Å². The van der Waals surface area contributed by atoms with Crippen LogP contribution in [0.3, 0.4) is 0 Å². The Labute approximate surface area is 93.3 Å². The van der Waals surface area contributed by atoms with E-state index in [2.05, 4.69) is 24.3 Å². The van der Waals surface area contributed by atoms with E-state index in [-0.39, 0.29) is 0 Å². The molecule has 0 aliphatic carbocycles. The maximum Gasteiger partial charge on any atom is 0.150 e. The molecule has 3 aromatic carbocycles. The molecule has 0 heterocycles. The molecule has 1 heteroatoms. The van der Waals surface area contributed by atoms with E-state index >= 15 is 0 Å². The molecule has 0 N–H and O–H groups in total. The third-order valence-electron chi connectivity index (χ3n) is 2.83. The summed E-state index contributed by atoms with van der Waals surface area (Å²) in [6.45, 7) is 0. The number of carbonyl (C=O) groups is 1. The molecule has 0 saturated heterocycles. The molecule has 3 rings (SSSR count). The molecule has 0 amide bonds. The van der Waals surface area contributed by atoms with Gasteiger partial charge in [0, 0.05) is 5.56 Å². The maximum absolute atomic E-state index is 10.9. The first kappa shape index (κ1) is 9.10. The van der Waals surface area contributed by atoms with Gasteiger partial charge >= 0.3 is 0 Å². The van der Waals surface area contributed by atoms with Gasteiger partial charge in [-0.25, -0.2) is 0 Å². The fourth-order valence-electron chi connectivity index (χ4n) is 2.01. The van der Waals surface area contributed by atoms with Crippen LogP contribution in [0.4, 0.5) is 0 Å². The van der Waals surface area contributed by atoms with Crippen molar-refractivity contribution in [2.45, 2.75) is 0 Å². The van der Waals surface area contributed by atoms with Crippen LogP contribution in [-0.4, -0.2) is 6.29 Å². The molecule has 0 saturated carbocycles. The van der Waals surface area contributed by atoms with Crippen LogP contribution < -0.4 is 0 Å². The minimum absolute atomic E-state index is 0.722. The summed E-state index contributed by atoms with van der Waals surface area (Å²) in [4.78, 5) is 10.9. The number of fused-ring (bicyclic) bond motifs is 2. The molecule has 0 aliphatic rings. The fraction of sp³-hybridized carbons (Fsp3) is 0. The first-order valence-electron chi connectivity index (χ1n) is 5.17. The van der Waals surface area contributed by atoms with Gasteiger partial charge in [0.25, 0.3) is 0 Å². The van der Waals surface area contributed by atoms with Gasteiger partial charge in [0.1, 0.15) is 0 Å². The van der Waals surface area contributed by atoms with Crippen molar-refractivity contribution in [2.75, 3.05) is 0 Å². The lowest BCUT2D eigenvalue weighted by Crippen LogP contribution is -1.83. The number of hydrogen-bond acceptors (Lipinski definition) is 1. The highest BCUT2D eigenvalue weighted by atomic mass is 16.1. The molecule has 0 unspecified atom stereocenters. The smallest absolute Gasteiger partial charge is 0.150 e. The monoisotopic (exact) mass is 205 g/mol. The fourth-order valence-corrected chi connectivity index (χ4v) is 2.01. The molecule has 75 valence electrons. The molecule has 0 fully saturated rings. The van der Waals surface area contributed by atoms with E-state index in [1.54, 1.807) is 12.1 Å². The maximum atomic E-state index is 10.9. The van der Waals surface area contributed by atoms with Crippen molar-refractivity contribution in [2.24, 2.45) is 0 Å². The van der Waals surface area contributed by atoms with Crippen molar-refractivity contribution in [3.05, 3.63) is 60.2 Å². The zero-order chi connectivity index (χ0) is 11.0. The second-order valence-electron chi connectivity index (χ2n) is 3.80. The van der Waals surface area contributed by atoms with Crippen LogP contribution in [0.2, 0.25) is 0 Å². The van der Waals surface area contributed by atoms with Crippen LogP contribution in [0.15, 0.2) is 48.5 Å². The molecule has 3 aromatic rings. The lowest BCUT2D eigenvalue weighted by molar-refractivity contribution is 0.112. The Morgan fingerprint density at radius 2 is 1.75 bits per heavy atom. The quantitative estimate of drug-likeness (QED) is 0.438. The minimum Gasteiger partial charge on any atom is -0.298 e. The average molecular weight is 205 g/mol. The summed E-state index contributed by atoms with van der Waals surface area (Å²) < 4.78 is 0. The Kier molecular flexibility index (Phi) is 1.97. The van der Waals surface area contributed by atoms with Gasteiger partial charge in [-0.05, 0) is 39.7 Å². The summed E-state index contributed by atoms with van der Waals surface area (Å²) in [5, 5.41) is 4.28. The van der Waals surface area contributed by atoms with Crippen molar-refractivity contribution >= 4 is 27.8 Å². The summed E-state index contributed by atoms with van der Waals surface area (Å²) in [5.74, 6) is 0. The van der Waals surface area contributed by atoms with Gasteiger partial charge in [0.05, 0.1) is 0 Å². The predicted octanol–water partition coefficient (Wildman–Crippen LogP) is 3.61. The van der Waals surface area contributed by atoms with Crippen LogP contribution >= 0.6 is 0 Å². The Morgan fingerprint density at radius 1 is 1.00 bits per heavy atom. The van der Waals surface area contributed by atoms with Crippen molar-refractivity contribution in [1.29, 1.82) is 0 Å². The van der Waals surface area contributed by atoms with E-state index in [0.29, 0.717) is 0 Å². The van der Waals surface area contributed by atoms with Gasteiger partial charge in [-0.2, -0.15) is 0 Å². The van der Waals surface area contributed by atoms with Gasteiger partial charge in [-0.3, -0.25) is 4.79 Å². The van der Waals surface area contributed by atoms with Gasteiger partial charge in [0.15, 0.2) is 6.29 Å². The third-order valence-corrected chi connectivity index (χ3v) is 2.83. The van der Waals surface area contributed by atoms with Gasteiger partial charge in [0.2, 0.25) is 0 Å². The topological polar surface area (TPSA) is 17.1 Å². The van der Waals surface area contributed by atoms with E-state index in [9.17, 15) is 4.79 Å². The van der Waals surface area contributed by atoms with E-state index in [0.717, 1.165) is 28.0 Å². The standard InChI is InChI=1S/C15H9O/c16-10-14-7-3-6-13-8-11-4-1-2-5-12(11)9-15(13)14/h1-5,7-10H. The van der Waals surface area contributed by atoms with Crippen LogP contribution in [0.1, 0.15) is 10.4 Å². The molecule has 16 heavy (non-hydrogen) atoms. The van der Waals surface area contributed by atoms with Crippen LogP contribution in [0.25, 0.3) is 21.5 Å². The molecular weight excluding hydrogens is 196 g/mol. The predicted molar refractivity (Wildman–Crippen MR) is 65.7 cm³/mol. The summed E-state index contributed by atoms with van der Waals surface area (Å²) >= 11 is 0. The van der Waals surface area contributed by atoms with E-state index < -0.39 is 0 Å². The Hall–Kier alpha value is -2.15. The highest BCUT2D eigenvalue weighted by molar-refractivity contribution is 6.04. The molecule has 0 spiro atoms. The lowest BCUT2D eigenvalue weighted by Gasteiger charge is -2.03. The normalized spacial score (nSPS) is 10.8. The summed E-state index contributed by atoms with van der Waals surface area (Å²) in [6, 6.07) is 19.0. The first-order chi connectivity index (χ1) is 7.88. The molecule has 0 atom stereocenters. The zero-order valence-electron chi connectivity index (χ0n) is 8.60. The van der Waals surface area contributed by atoms with Crippen molar-refractivity contribution in [3.8, 4) is 0 Å². The molecule has 0 aliphatic heterocycles. The van der Waals surface area contributed by atoms with Crippen LogP contribution in [0.5, 0.6) is 0 Å². The highest BCUT2D eigenvalue weighted by Crippen LogP contribution is 2.24. The number of benzene rings is 3. The van der Waals surface area contributed by atoms with Crippen molar-refractivity contribution in [3.63, 3.8) is 0 Å². The molecular formula is C15H9O. The summed E-state index contributed by atoms with van der Waals surface area (Å²) in [5.41, 5.74) is 0.722. The summed E-state index contributed by atoms with van der Waals surface area (Å²) in [7, 11) is 0. The SMILES string of the molecule is O=Cc1cc[c]c2cc3ccccc3cc12. The largest absolute Gasteiger partial charge is 0.298 e. The van der Waals surface area contributed by atoms with Gasteiger partial charge in [-0.1, -0.05) is 36.4 Å². The minimum atomic E-state index is 0.722. The number of hydrogen-bond donors (Lipinski definition) is 0. The Balaban J connectivity index is 2.51. The number of carbonyl (C=O) groups excluding carboxylic acids is 1. The van der Waals surface area contributed by atoms with E-state index in [1.165, 1.54) is 5.39 Å².